The summed E-state index contributed by atoms with van der Waals surface area (Å²) in [6, 6.07) is 0.420. The second-order valence-electron chi connectivity index (χ2n) is 5.46. The third-order valence-corrected chi connectivity index (χ3v) is 4.78. The molecule has 1 aliphatic rings. The molecule has 1 fully saturated rings. The van der Waals surface area contributed by atoms with E-state index in [1.54, 1.807) is 0 Å². The SMILES string of the molecule is CC(C)[C@@H]1CCCC[C@@H]1NC(=S)c1nc(Cl)c(Cl)[nH]1. The van der Waals surface area contributed by atoms with Crippen LogP contribution in [0.25, 0.3) is 0 Å². The van der Waals surface area contributed by atoms with E-state index in [1.807, 2.05) is 0 Å². The zero-order valence-corrected chi connectivity index (χ0v) is 13.5. The zero-order valence-electron chi connectivity index (χ0n) is 11.2. The number of imidazole rings is 1. The summed E-state index contributed by atoms with van der Waals surface area (Å²) in [4.78, 5) is 7.62. The van der Waals surface area contributed by atoms with Gasteiger partial charge in [0.25, 0.3) is 0 Å². The lowest BCUT2D eigenvalue weighted by atomic mass is 9.78. The lowest BCUT2D eigenvalue weighted by molar-refractivity contribution is 0.225. The van der Waals surface area contributed by atoms with E-state index in [2.05, 4.69) is 29.1 Å². The van der Waals surface area contributed by atoms with Gasteiger partial charge in [0.1, 0.15) is 10.1 Å². The lowest BCUT2D eigenvalue weighted by Gasteiger charge is -2.35. The van der Waals surface area contributed by atoms with E-state index in [1.165, 1.54) is 19.3 Å². The molecule has 0 saturated heterocycles. The molecule has 106 valence electrons. The van der Waals surface area contributed by atoms with Crippen molar-refractivity contribution < 1.29 is 0 Å². The predicted molar refractivity (Wildman–Crippen MR) is 84.0 cm³/mol. The van der Waals surface area contributed by atoms with Crippen LogP contribution in [0.2, 0.25) is 10.3 Å². The number of aromatic amines is 1. The Bertz CT molecular complexity index is 439. The van der Waals surface area contributed by atoms with Gasteiger partial charge < -0.3 is 10.3 Å². The molecule has 0 unspecified atom stereocenters. The fourth-order valence-corrected chi connectivity index (χ4v) is 3.32. The largest absolute Gasteiger partial charge is 0.370 e. The molecule has 19 heavy (non-hydrogen) atoms. The summed E-state index contributed by atoms with van der Waals surface area (Å²) < 4.78 is 0. The second kappa shape index (κ2) is 6.42. The van der Waals surface area contributed by atoms with Gasteiger partial charge in [-0.2, -0.15) is 0 Å². The minimum atomic E-state index is 0.268. The number of hydrogen-bond acceptors (Lipinski definition) is 2. The normalized spacial score (nSPS) is 23.6. The molecular formula is C13H19Cl2N3S. The molecule has 2 N–H and O–H groups in total. The number of rotatable bonds is 3. The fourth-order valence-electron chi connectivity index (χ4n) is 2.81. The van der Waals surface area contributed by atoms with Crippen LogP contribution in [0.15, 0.2) is 0 Å². The Hall–Kier alpha value is -0.320. The molecule has 2 atom stereocenters. The third kappa shape index (κ3) is 3.61. The Labute approximate surface area is 129 Å². The van der Waals surface area contributed by atoms with Crippen LogP contribution in [0.5, 0.6) is 0 Å². The number of H-pyrrole nitrogens is 1. The highest BCUT2D eigenvalue weighted by molar-refractivity contribution is 7.80. The van der Waals surface area contributed by atoms with Gasteiger partial charge >= 0.3 is 0 Å². The van der Waals surface area contributed by atoms with Crippen LogP contribution in [0.1, 0.15) is 45.4 Å². The van der Waals surface area contributed by atoms with Gasteiger partial charge in [0.05, 0.1) is 0 Å². The minimum Gasteiger partial charge on any atom is -0.370 e. The van der Waals surface area contributed by atoms with Crippen molar-refractivity contribution in [3.8, 4) is 0 Å². The van der Waals surface area contributed by atoms with Crippen LogP contribution in [0, 0.1) is 11.8 Å². The van der Waals surface area contributed by atoms with Gasteiger partial charge in [-0.25, -0.2) is 4.98 Å². The predicted octanol–water partition coefficient (Wildman–Crippen LogP) is 4.20. The Kier molecular flexibility index (Phi) is 5.09. The molecule has 2 rings (SSSR count). The van der Waals surface area contributed by atoms with Crippen LogP contribution in [0.3, 0.4) is 0 Å². The Balaban J connectivity index is 2.04. The summed E-state index contributed by atoms with van der Waals surface area (Å²) in [5.41, 5.74) is 0. The maximum absolute atomic E-state index is 5.86. The van der Waals surface area contributed by atoms with E-state index >= 15 is 0 Å². The van der Waals surface area contributed by atoms with E-state index in [0.717, 1.165) is 6.42 Å². The maximum atomic E-state index is 5.86. The standard InChI is InChI=1S/C13H19Cl2N3S/c1-7(2)8-5-3-4-6-9(8)16-13(19)12-17-10(14)11(15)18-12/h7-9H,3-6H2,1-2H3,(H,16,19)(H,17,18)/t8-,9-/m0/s1. The van der Waals surface area contributed by atoms with Crippen LogP contribution in [0.4, 0.5) is 0 Å². The van der Waals surface area contributed by atoms with Crippen molar-refractivity contribution in [2.45, 2.75) is 45.6 Å². The molecule has 1 aliphatic carbocycles. The van der Waals surface area contributed by atoms with Gasteiger partial charge in [-0.3, -0.25) is 0 Å². The first-order valence-electron chi connectivity index (χ1n) is 6.71. The van der Waals surface area contributed by atoms with Gasteiger partial charge in [0.15, 0.2) is 11.0 Å². The number of hydrogen-bond donors (Lipinski definition) is 2. The van der Waals surface area contributed by atoms with Crippen molar-refractivity contribution in [1.29, 1.82) is 0 Å². The number of thiocarbonyl (C=S) groups is 1. The van der Waals surface area contributed by atoms with Crippen molar-refractivity contribution in [3.05, 3.63) is 16.1 Å². The summed E-state index contributed by atoms with van der Waals surface area (Å²) in [7, 11) is 0. The van der Waals surface area contributed by atoms with Crippen molar-refractivity contribution in [2.75, 3.05) is 0 Å². The van der Waals surface area contributed by atoms with Crippen molar-refractivity contribution in [3.63, 3.8) is 0 Å². The minimum absolute atomic E-state index is 0.268. The van der Waals surface area contributed by atoms with Crippen molar-refractivity contribution >= 4 is 40.4 Å². The van der Waals surface area contributed by atoms with Crippen LogP contribution < -0.4 is 5.32 Å². The van der Waals surface area contributed by atoms with E-state index in [4.69, 9.17) is 35.4 Å². The summed E-state index contributed by atoms with van der Waals surface area (Å²) in [6.45, 7) is 4.54. The van der Waals surface area contributed by atoms with E-state index in [0.29, 0.717) is 33.8 Å². The molecule has 0 aliphatic heterocycles. The number of nitrogens with one attached hydrogen (secondary N) is 2. The highest BCUT2D eigenvalue weighted by Gasteiger charge is 2.28. The van der Waals surface area contributed by atoms with E-state index in [9.17, 15) is 0 Å². The zero-order chi connectivity index (χ0) is 14.0. The topological polar surface area (TPSA) is 40.7 Å². The molecule has 1 aromatic rings. The highest BCUT2D eigenvalue weighted by Crippen LogP contribution is 2.30. The average molecular weight is 320 g/mol. The number of aromatic nitrogens is 2. The van der Waals surface area contributed by atoms with Crippen molar-refractivity contribution in [1.82, 2.24) is 15.3 Å². The first-order chi connectivity index (χ1) is 8.99. The molecule has 1 aromatic heterocycles. The molecule has 0 spiro atoms. The summed E-state index contributed by atoms with van der Waals surface area (Å²) in [5, 5.41) is 4.03. The van der Waals surface area contributed by atoms with Crippen LogP contribution in [-0.2, 0) is 0 Å². The molecule has 0 amide bonds. The molecule has 6 heteroatoms. The molecule has 1 saturated carbocycles. The molecular weight excluding hydrogens is 301 g/mol. The van der Waals surface area contributed by atoms with E-state index in [-0.39, 0.29) is 5.15 Å². The molecule has 0 aromatic carbocycles. The third-order valence-electron chi connectivity index (χ3n) is 3.83. The van der Waals surface area contributed by atoms with Gasteiger partial charge in [0.2, 0.25) is 0 Å². The highest BCUT2D eigenvalue weighted by atomic mass is 35.5. The first-order valence-corrected chi connectivity index (χ1v) is 7.87. The summed E-state index contributed by atoms with van der Waals surface area (Å²) in [6.07, 6.45) is 4.98. The lowest BCUT2D eigenvalue weighted by Crippen LogP contribution is -2.43. The monoisotopic (exact) mass is 319 g/mol. The maximum Gasteiger partial charge on any atom is 0.167 e. The molecule has 1 heterocycles. The number of nitrogens with zero attached hydrogens (tertiary/aromatic N) is 1. The first kappa shape index (κ1) is 15.1. The Morgan fingerprint density at radius 3 is 2.63 bits per heavy atom. The second-order valence-corrected chi connectivity index (χ2v) is 6.61. The quantitative estimate of drug-likeness (QED) is 0.820. The molecule has 0 radical (unpaired) electrons. The van der Waals surface area contributed by atoms with Gasteiger partial charge in [0, 0.05) is 6.04 Å². The summed E-state index contributed by atoms with van der Waals surface area (Å²) in [5.74, 6) is 1.87. The molecule has 3 nitrogen and oxygen atoms in total. The average Bonchev–Trinajstić information content (AvgIpc) is 2.70. The van der Waals surface area contributed by atoms with Crippen LogP contribution in [-0.4, -0.2) is 21.0 Å². The van der Waals surface area contributed by atoms with Gasteiger partial charge in [-0.15, -0.1) is 0 Å². The van der Waals surface area contributed by atoms with Crippen LogP contribution >= 0.6 is 35.4 Å². The smallest absolute Gasteiger partial charge is 0.167 e. The van der Waals surface area contributed by atoms with Gasteiger partial charge in [-0.05, 0) is 24.7 Å². The Morgan fingerprint density at radius 2 is 2.05 bits per heavy atom. The fraction of sp³-hybridized carbons (Fsp3) is 0.692. The van der Waals surface area contributed by atoms with Gasteiger partial charge in [-0.1, -0.05) is 62.1 Å². The van der Waals surface area contributed by atoms with E-state index < -0.39 is 0 Å². The summed E-state index contributed by atoms with van der Waals surface area (Å²) >= 11 is 17.1. The number of halogens is 2. The van der Waals surface area contributed by atoms with Crippen molar-refractivity contribution in [2.24, 2.45) is 11.8 Å². The Morgan fingerprint density at radius 1 is 1.37 bits per heavy atom. The molecule has 0 bridgehead atoms.